The molecule has 0 fully saturated rings. The van der Waals surface area contributed by atoms with Gasteiger partial charge in [0.15, 0.2) is 0 Å². The number of hydrogen-bond acceptors (Lipinski definition) is 9. The first kappa shape index (κ1) is 36.0. The Hall–Kier alpha value is -4.81. The number of amides is 3. The van der Waals surface area contributed by atoms with Crippen LogP contribution >= 0.6 is 11.3 Å². The van der Waals surface area contributed by atoms with Gasteiger partial charge in [0.2, 0.25) is 5.91 Å². The van der Waals surface area contributed by atoms with Crippen LogP contribution in [0.5, 0.6) is 0 Å². The number of aliphatic hydroxyl groups is 1. The summed E-state index contributed by atoms with van der Waals surface area (Å²) < 4.78 is 10.2. The van der Waals surface area contributed by atoms with Crippen molar-refractivity contribution in [1.82, 2.24) is 25.9 Å². The Morgan fingerprint density at radius 1 is 0.875 bits per heavy atom. The van der Waals surface area contributed by atoms with Crippen molar-refractivity contribution in [3.63, 3.8) is 0 Å². The van der Waals surface area contributed by atoms with Crippen molar-refractivity contribution in [2.45, 2.75) is 70.9 Å². The van der Waals surface area contributed by atoms with Gasteiger partial charge in [0, 0.05) is 24.0 Å². The third-order valence-corrected chi connectivity index (χ3v) is 8.49. The van der Waals surface area contributed by atoms with Gasteiger partial charge in [0.1, 0.15) is 12.6 Å². The molecule has 0 bridgehead atoms. The molecule has 0 aliphatic heterocycles. The standard InChI is InChI=1S/C36H43N5O6S/c1-36(2,3)32(41-35(45)47-22-28-21-37-23-48-28)33(43)40-30(19-24-10-6-5-7-11-24)31(42)20-27(39-34(44)46-4)18-25-13-15-26(16-14-25)29-12-8-9-17-38-29/h5-17,21,23,27,30-32,42H,18-20,22H2,1-4H3,(H,39,44)(H,40,43)(H,41,45)/t27-,30-,31-,32+/m0/s1. The van der Waals surface area contributed by atoms with Crippen LogP contribution in [0.2, 0.25) is 0 Å². The summed E-state index contributed by atoms with van der Waals surface area (Å²) in [5.74, 6) is -0.472. The number of aromatic nitrogens is 2. The monoisotopic (exact) mass is 673 g/mol. The van der Waals surface area contributed by atoms with E-state index in [1.165, 1.54) is 18.4 Å². The van der Waals surface area contributed by atoms with Gasteiger partial charge < -0.3 is 30.5 Å². The van der Waals surface area contributed by atoms with Crippen molar-refractivity contribution >= 4 is 29.4 Å². The maximum atomic E-state index is 13.8. The molecule has 0 saturated carbocycles. The normalized spacial score (nSPS) is 13.8. The molecule has 3 amide bonds. The van der Waals surface area contributed by atoms with Gasteiger partial charge in [0.25, 0.3) is 0 Å². The van der Waals surface area contributed by atoms with E-state index in [-0.39, 0.29) is 13.0 Å². The van der Waals surface area contributed by atoms with Crippen molar-refractivity contribution in [1.29, 1.82) is 0 Å². The van der Waals surface area contributed by atoms with E-state index in [9.17, 15) is 19.5 Å². The number of nitrogens with one attached hydrogen (secondary N) is 3. The van der Waals surface area contributed by atoms with Crippen LogP contribution in [0.3, 0.4) is 0 Å². The molecule has 0 aliphatic rings. The van der Waals surface area contributed by atoms with Crippen LogP contribution < -0.4 is 16.0 Å². The number of benzene rings is 2. The number of pyridine rings is 1. The van der Waals surface area contributed by atoms with Gasteiger partial charge in [-0.2, -0.15) is 0 Å². The third-order valence-electron chi connectivity index (χ3n) is 7.74. The Kier molecular flexibility index (Phi) is 13.0. The fourth-order valence-corrected chi connectivity index (χ4v) is 5.71. The lowest BCUT2D eigenvalue weighted by Crippen LogP contribution is -2.58. The number of nitrogens with zero attached hydrogens (tertiary/aromatic N) is 2. The Morgan fingerprint density at radius 3 is 2.21 bits per heavy atom. The fraction of sp³-hybridized carbons (Fsp3) is 0.361. The van der Waals surface area contributed by atoms with Gasteiger partial charge in [-0.25, -0.2) is 9.59 Å². The number of ether oxygens (including phenoxy) is 2. The Labute approximate surface area is 285 Å². The summed E-state index contributed by atoms with van der Waals surface area (Å²) in [5.41, 5.74) is 4.59. The second-order valence-corrected chi connectivity index (χ2v) is 13.5. The number of carbonyl (C=O) groups is 3. The molecule has 0 unspecified atom stereocenters. The minimum Gasteiger partial charge on any atom is -0.453 e. The molecule has 11 nitrogen and oxygen atoms in total. The van der Waals surface area contributed by atoms with Gasteiger partial charge >= 0.3 is 12.2 Å². The molecule has 254 valence electrons. The molecular weight excluding hydrogens is 630 g/mol. The predicted octanol–water partition coefficient (Wildman–Crippen LogP) is 5.29. The number of rotatable bonds is 14. The number of thiazole rings is 1. The number of methoxy groups -OCH3 is 1. The molecular formula is C36H43N5O6S. The molecule has 2 aromatic heterocycles. The highest BCUT2D eigenvalue weighted by Gasteiger charge is 2.36. The van der Waals surface area contributed by atoms with E-state index in [1.54, 1.807) is 17.9 Å². The zero-order chi connectivity index (χ0) is 34.5. The highest BCUT2D eigenvalue weighted by Crippen LogP contribution is 2.22. The van der Waals surface area contributed by atoms with Crippen LogP contribution in [0.15, 0.2) is 90.7 Å². The maximum Gasteiger partial charge on any atom is 0.408 e. The molecule has 0 saturated heterocycles. The fourth-order valence-electron chi connectivity index (χ4n) is 5.21. The second-order valence-electron chi connectivity index (χ2n) is 12.5. The Balaban J connectivity index is 1.50. The van der Waals surface area contributed by atoms with Crippen LogP contribution in [0.4, 0.5) is 9.59 Å². The van der Waals surface area contributed by atoms with Crippen molar-refractivity contribution < 1.29 is 29.0 Å². The van der Waals surface area contributed by atoms with Crippen molar-refractivity contribution in [2.24, 2.45) is 5.41 Å². The van der Waals surface area contributed by atoms with Gasteiger partial charge in [-0.3, -0.25) is 14.8 Å². The SMILES string of the molecule is COC(=O)N[C@@H](Cc1ccc(-c2ccccn2)cc1)C[C@H](O)[C@H](Cc1ccccc1)NC(=O)[C@@H](NC(=O)OCc1cncs1)C(C)(C)C. The van der Waals surface area contributed by atoms with Crippen molar-refractivity contribution in [3.8, 4) is 11.3 Å². The van der Waals surface area contributed by atoms with Crippen LogP contribution in [-0.4, -0.2) is 64.5 Å². The van der Waals surface area contributed by atoms with Crippen LogP contribution in [0.1, 0.15) is 43.2 Å². The van der Waals surface area contributed by atoms with Gasteiger partial charge in [-0.15, -0.1) is 11.3 Å². The van der Waals surface area contributed by atoms with Crippen LogP contribution in [-0.2, 0) is 33.7 Å². The van der Waals surface area contributed by atoms with E-state index >= 15 is 0 Å². The third kappa shape index (κ3) is 11.2. The summed E-state index contributed by atoms with van der Waals surface area (Å²) in [5, 5.41) is 20.2. The maximum absolute atomic E-state index is 13.8. The number of alkyl carbamates (subject to hydrolysis) is 2. The van der Waals surface area contributed by atoms with E-state index in [1.807, 2.05) is 93.6 Å². The predicted molar refractivity (Wildman–Crippen MR) is 184 cm³/mol. The topological polar surface area (TPSA) is 152 Å². The van der Waals surface area contributed by atoms with E-state index in [2.05, 4.69) is 25.9 Å². The first-order chi connectivity index (χ1) is 23.0. The smallest absolute Gasteiger partial charge is 0.408 e. The molecule has 0 radical (unpaired) electrons. The summed E-state index contributed by atoms with van der Waals surface area (Å²) in [6.45, 7) is 5.53. The van der Waals surface area contributed by atoms with E-state index in [0.29, 0.717) is 12.8 Å². The first-order valence-electron chi connectivity index (χ1n) is 15.7. The number of aliphatic hydroxyl groups excluding tert-OH is 1. The van der Waals surface area contributed by atoms with Gasteiger partial charge in [0.05, 0.1) is 35.3 Å². The highest BCUT2D eigenvalue weighted by molar-refractivity contribution is 7.09. The summed E-state index contributed by atoms with van der Waals surface area (Å²) in [4.78, 5) is 48.0. The minimum atomic E-state index is -1.08. The lowest BCUT2D eigenvalue weighted by Gasteiger charge is -2.33. The number of carbonyl (C=O) groups excluding carboxylic acids is 3. The zero-order valence-corrected chi connectivity index (χ0v) is 28.4. The molecule has 48 heavy (non-hydrogen) atoms. The second kappa shape index (κ2) is 17.4. The molecule has 0 aliphatic carbocycles. The van der Waals surface area contributed by atoms with Gasteiger partial charge in [-0.05, 0) is 47.9 Å². The largest absolute Gasteiger partial charge is 0.453 e. The van der Waals surface area contributed by atoms with Crippen LogP contribution in [0, 0.1) is 5.41 Å². The zero-order valence-electron chi connectivity index (χ0n) is 27.6. The molecule has 4 N–H and O–H groups in total. The van der Waals surface area contributed by atoms with E-state index in [0.717, 1.165) is 27.3 Å². The summed E-state index contributed by atoms with van der Waals surface area (Å²) >= 11 is 1.36. The van der Waals surface area contributed by atoms with Crippen molar-refractivity contribution in [3.05, 3.63) is 107 Å². The quantitative estimate of drug-likeness (QED) is 0.141. The lowest BCUT2D eigenvalue weighted by molar-refractivity contribution is -0.127. The highest BCUT2D eigenvalue weighted by atomic mass is 32.1. The first-order valence-corrected chi connectivity index (χ1v) is 16.6. The van der Waals surface area contributed by atoms with Crippen molar-refractivity contribution in [2.75, 3.05) is 7.11 Å². The summed E-state index contributed by atoms with van der Waals surface area (Å²) in [7, 11) is 1.28. The van der Waals surface area contributed by atoms with E-state index in [4.69, 9.17) is 9.47 Å². The summed E-state index contributed by atoms with van der Waals surface area (Å²) in [6, 6.07) is 20.8. The molecule has 2 aromatic carbocycles. The molecule has 4 aromatic rings. The molecule has 4 atom stereocenters. The lowest BCUT2D eigenvalue weighted by atomic mass is 9.85. The molecule has 0 spiro atoms. The number of hydrogen-bond donors (Lipinski definition) is 4. The average molecular weight is 674 g/mol. The average Bonchev–Trinajstić information content (AvgIpc) is 3.60. The Bertz CT molecular complexity index is 1580. The van der Waals surface area contributed by atoms with Crippen LogP contribution in [0.25, 0.3) is 11.3 Å². The molecule has 2 heterocycles. The minimum absolute atomic E-state index is 0.0325. The van der Waals surface area contributed by atoms with E-state index < -0.39 is 47.7 Å². The molecule has 4 rings (SSSR count). The van der Waals surface area contributed by atoms with Gasteiger partial charge in [-0.1, -0.05) is 81.4 Å². The molecule has 12 heteroatoms. The Morgan fingerprint density at radius 2 is 1.58 bits per heavy atom. The summed E-state index contributed by atoms with van der Waals surface area (Å²) in [6.07, 6.45) is 1.72.